The lowest BCUT2D eigenvalue weighted by Crippen LogP contribution is -2.37. The van der Waals surface area contributed by atoms with Crippen LogP contribution in [0, 0.1) is 10.8 Å². The molecule has 0 fully saturated rings. The third kappa shape index (κ3) is 12.5. The summed E-state index contributed by atoms with van der Waals surface area (Å²) in [7, 11) is -2.62. The molecule has 0 aromatic heterocycles. The van der Waals surface area contributed by atoms with Crippen molar-refractivity contribution in [3.63, 3.8) is 0 Å². The molecule has 12 heteroatoms. The molecule has 138 valence electrons. The molecule has 0 rings (SSSR count). The van der Waals surface area contributed by atoms with Gasteiger partial charge in [-0.2, -0.15) is 0 Å². The van der Waals surface area contributed by atoms with Crippen molar-refractivity contribution in [1.82, 2.24) is 0 Å². The molecule has 22 heavy (non-hydrogen) atoms. The first-order valence-electron chi connectivity index (χ1n) is 5.96. The highest BCUT2D eigenvalue weighted by molar-refractivity contribution is 7.38. The first kappa shape index (κ1) is 26.9. The highest BCUT2D eigenvalue weighted by Crippen LogP contribution is 2.12. The predicted octanol–water partition coefficient (Wildman–Crippen LogP) is -4.93. The Labute approximate surface area is 129 Å². The van der Waals surface area contributed by atoms with Crippen LogP contribution in [-0.4, -0.2) is 108 Å². The molecule has 0 spiro atoms. The lowest BCUT2D eigenvalue weighted by molar-refractivity contribution is -0.0332. The number of hydrogen-bond donors (Lipinski definition) is 11. The van der Waals surface area contributed by atoms with Crippen LogP contribution >= 0.6 is 8.60 Å². The van der Waals surface area contributed by atoms with Crippen LogP contribution < -0.4 is 0 Å². The molecule has 0 saturated heterocycles. The minimum absolute atomic E-state index is 0.406. The largest absolute Gasteiger partial charge is 0.396 e. The number of hydrogen-bond acceptors (Lipinski definition) is 11. The molecule has 0 aromatic carbocycles. The Balaban J connectivity index is -0.000000266. The van der Waals surface area contributed by atoms with Crippen LogP contribution in [0.15, 0.2) is 0 Å². The molecule has 0 aliphatic rings. The van der Waals surface area contributed by atoms with Gasteiger partial charge in [-0.3, -0.25) is 0 Å². The van der Waals surface area contributed by atoms with Gasteiger partial charge < -0.3 is 55.5 Å². The normalized spacial score (nSPS) is 11.5. The highest BCUT2D eigenvalue weighted by atomic mass is 31.2. The maximum Gasteiger partial charge on any atom is 0.324 e. The van der Waals surface area contributed by atoms with E-state index in [9.17, 15) is 0 Å². The Morgan fingerprint density at radius 1 is 0.409 bits per heavy atom. The second-order valence-corrected chi connectivity index (χ2v) is 5.07. The first-order valence-corrected chi connectivity index (χ1v) is 7.16. The van der Waals surface area contributed by atoms with Gasteiger partial charge in [0.25, 0.3) is 0 Å². The Kier molecular flexibility index (Phi) is 19.4. The van der Waals surface area contributed by atoms with E-state index in [0.717, 1.165) is 0 Å². The Bertz CT molecular complexity index is 163. The quantitative estimate of drug-likeness (QED) is 0.185. The zero-order valence-electron chi connectivity index (χ0n) is 12.0. The fraction of sp³-hybridized carbons (Fsp3) is 1.00. The average Bonchev–Trinajstić information content (AvgIpc) is 2.53. The van der Waals surface area contributed by atoms with E-state index in [0.29, 0.717) is 0 Å². The average molecular weight is 354 g/mol. The van der Waals surface area contributed by atoms with Gasteiger partial charge in [-0.15, -0.1) is 0 Å². The summed E-state index contributed by atoms with van der Waals surface area (Å²) in [5.74, 6) is 0. The van der Waals surface area contributed by atoms with E-state index in [1.54, 1.807) is 0 Å². The number of rotatable bonds is 8. The van der Waals surface area contributed by atoms with Gasteiger partial charge >= 0.3 is 8.60 Å². The molecular weight excluding hydrogens is 327 g/mol. The monoisotopic (exact) mass is 354 g/mol. The Hall–Kier alpha value is -0.0100. The summed E-state index contributed by atoms with van der Waals surface area (Å²) in [6, 6.07) is 0. The first-order chi connectivity index (χ1) is 10.2. The van der Waals surface area contributed by atoms with Crippen LogP contribution in [0.3, 0.4) is 0 Å². The van der Waals surface area contributed by atoms with Crippen molar-refractivity contribution in [2.45, 2.75) is 0 Å². The van der Waals surface area contributed by atoms with Crippen LogP contribution in [0.5, 0.6) is 0 Å². The molecule has 11 nitrogen and oxygen atoms in total. The van der Waals surface area contributed by atoms with Crippen molar-refractivity contribution < 1.29 is 55.5 Å². The van der Waals surface area contributed by atoms with Crippen LogP contribution in [0.1, 0.15) is 0 Å². The summed E-state index contributed by atoms with van der Waals surface area (Å²) in [4.78, 5) is 21.7. The minimum atomic E-state index is -2.62. The summed E-state index contributed by atoms with van der Waals surface area (Å²) < 4.78 is 0. The Morgan fingerprint density at radius 3 is 0.500 bits per heavy atom. The fourth-order valence-corrected chi connectivity index (χ4v) is 0.600. The summed E-state index contributed by atoms with van der Waals surface area (Å²) in [6.07, 6.45) is 0. The molecule has 0 aromatic rings. The molecule has 0 aliphatic carbocycles. The summed E-state index contributed by atoms with van der Waals surface area (Å²) in [6.45, 7) is -3.25. The summed E-state index contributed by atoms with van der Waals surface area (Å²) >= 11 is 0. The van der Waals surface area contributed by atoms with Gasteiger partial charge in [-0.05, 0) is 0 Å². The van der Waals surface area contributed by atoms with Gasteiger partial charge in [0.1, 0.15) is 0 Å². The van der Waals surface area contributed by atoms with Gasteiger partial charge in [-0.1, -0.05) is 0 Å². The fourth-order valence-electron chi connectivity index (χ4n) is 0.600. The van der Waals surface area contributed by atoms with E-state index in [2.05, 4.69) is 0 Å². The van der Waals surface area contributed by atoms with Crippen molar-refractivity contribution in [2.75, 3.05) is 52.9 Å². The van der Waals surface area contributed by atoms with E-state index in [4.69, 9.17) is 55.5 Å². The smallest absolute Gasteiger partial charge is 0.324 e. The van der Waals surface area contributed by atoms with Gasteiger partial charge in [0.05, 0.1) is 63.7 Å². The van der Waals surface area contributed by atoms with Crippen molar-refractivity contribution in [3.05, 3.63) is 0 Å². The molecule has 0 aliphatic heterocycles. The molecule has 0 bridgehead atoms. The van der Waals surface area contributed by atoms with Crippen molar-refractivity contribution in [1.29, 1.82) is 0 Å². The molecule has 11 N–H and O–H groups in total. The molecular formula is C10H27O11P. The molecule has 0 atom stereocenters. The second-order valence-electron chi connectivity index (χ2n) is 4.53. The van der Waals surface area contributed by atoms with Crippen LogP contribution in [0.25, 0.3) is 0 Å². The van der Waals surface area contributed by atoms with Gasteiger partial charge in [0.2, 0.25) is 0 Å². The van der Waals surface area contributed by atoms with Gasteiger partial charge in [0, 0.05) is 0 Å². The number of aliphatic hydroxyl groups excluding tert-OH is 8. The zero-order chi connectivity index (χ0) is 18.2. The maximum atomic E-state index is 8.50. The highest BCUT2D eigenvalue weighted by Gasteiger charge is 2.27. The van der Waals surface area contributed by atoms with Gasteiger partial charge in [-0.25, -0.2) is 0 Å². The Morgan fingerprint density at radius 2 is 0.500 bits per heavy atom. The zero-order valence-corrected chi connectivity index (χ0v) is 12.9. The van der Waals surface area contributed by atoms with Crippen LogP contribution in [0.2, 0.25) is 0 Å². The van der Waals surface area contributed by atoms with Crippen LogP contribution in [-0.2, 0) is 0 Å². The van der Waals surface area contributed by atoms with E-state index in [1.165, 1.54) is 0 Å². The second kappa shape index (κ2) is 15.9. The van der Waals surface area contributed by atoms with E-state index < -0.39 is 72.3 Å². The standard InChI is InChI=1S/2C5H12O4.H3O3P/c2*6-1-5(2-7,3-8)4-9;1-4(2)3/h2*6-9H,1-4H2;1-3H. The molecule has 0 amide bonds. The molecule has 0 saturated carbocycles. The minimum Gasteiger partial charge on any atom is -0.396 e. The lowest BCUT2D eigenvalue weighted by Gasteiger charge is -2.23. The molecule has 0 heterocycles. The maximum absolute atomic E-state index is 8.50. The molecule has 0 radical (unpaired) electrons. The van der Waals surface area contributed by atoms with Crippen molar-refractivity contribution >= 4 is 8.60 Å². The van der Waals surface area contributed by atoms with E-state index in [1.807, 2.05) is 0 Å². The third-order valence-corrected chi connectivity index (χ3v) is 2.68. The van der Waals surface area contributed by atoms with Crippen molar-refractivity contribution in [3.8, 4) is 0 Å². The predicted molar refractivity (Wildman–Crippen MR) is 75.1 cm³/mol. The number of aliphatic hydroxyl groups is 8. The topological polar surface area (TPSA) is 223 Å². The SMILES string of the molecule is OCC(CO)(CO)CO.OCC(CO)(CO)CO.OP(O)O. The third-order valence-electron chi connectivity index (χ3n) is 2.68. The van der Waals surface area contributed by atoms with Crippen molar-refractivity contribution in [2.24, 2.45) is 10.8 Å². The molecule has 0 unspecified atom stereocenters. The van der Waals surface area contributed by atoms with Gasteiger partial charge in [0.15, 0.2) is 0 Å². The lowest BCUT2D eigenvalue weighted by atomic mass is 9.93. The van der Waals surface area contributed by atoms with Crippen LogP contribution in [0.4, 0.5) is 0 Å². The summed E-state index contributed by atoms with van der Waals surface area (Å²) in [5.41, 5.74) is -2.22. The van der Waals surface area contributed by atoms with E-state index in [-0.39, 0.29) is 0 Å². The van der Waals surface area contributed by atoms with E-state index >= 15 is 0 Å². The summed E-state index contributed by atoms with van der Waals surface area (Å²) in [5, 5.41) is 68.0.